The SMILES string of the molecule is C=C.CC.CC=C(C)C.CC=C(C)C. The molecule has 0 amide bonds. The molecule has 14 heavy (non-hydrogen) atoms. The van der Waals surface area contributed by atoms with E-state index in [1.54, 1.807) is 0 Å². The van der Waals surface area contributed by atoms with Crippen molar-refractivity contribution >= 4 is 0 Å². The minimum atomic E-state index is 1.38. The number of hydrogen-bond donors (Lipinski definition) is 0. The van der Waals surface area contributed by atoms with E-state index in [4.69, 9.17) is 0 Å². The van der Waals surface area contributed by atoms with Gasteiger partial charge in [0.1, 0.15) is 0 Å². The van der Waals surface area contributed by atoms with E-state index >= 15 is 0 Å². The first-order valence-corrected chi connectivity index (χ1v) is 5.23. The second-order valence-corrected chi connectivity index (χ2v) is 2.73. The van der Waals surface area contributed by atoms with Gasteiger partial charge in [-0.1, -0.05) is 37.1 Å². The summed E-state index contributed by atoms with van der Waals surface area (Å²) in [4.78, 5) is 0. The summed E-state index contributed by atoms with van der Waals surface area (Å²) in [6, 6.07) is 0. The molecule has 0 radical (unpaired) electrons. The first-order chi connectivity index (χ1) is 6.54. The molecule has 0 aromatic carbocycles. The van der Waals surface area contributed by atoms with Gasteiger partial charge in [-0.05, 0) is 41.5 Å². The molecule has 0 spiro atoms. The highest BCUT2D eigenvalue weighted by Crippen LogP contribution is 1.82. The van der Waals surface area contributed by atoms with Crippen molar-refractivity contribution in [1.82, 2.24) is 0 Å². The molecule has 0 saturated carbocycles. The van der Waals surface area contributed by atoms with Crippen LogP contribution in [0.3, 0.4) is 0 Å². The van der Waals surface area contributed by atoms with Gasteiger partial charge in [-0.15, -0.1) is 13.2 Å². The summed E-state index contributed by atoms with van der Waals surface area (Å²) >= 11 is 0. The van der Waals surface area contributed by atoms with Crippen LogP contribution in [-0.2, 0) is 0 Å². The molecule has 0 heteroatoms. The molecule has 86 valence electrons. The molecular formula is C14H30. The van der Waals surface area contributed by atoms with Crippen molar-refractivity contribution in [1.29, 1.82) is 0 Å². The maximum Gasteiger partial charge on any atom is -0.0442 e. The van der Waals surface area contributed by atoms with Crippen molar-refractivity contribution in [3.8, 4) is 0 Å². The average Bonchev–Trinajstić information content (AvgIpc) is 2.24. The van der Waals surface area contributed by atoms with Gasteiger partial charge in [0.2, 0.25) is 0 Å². The first kappa shape index (κ1) is 23.2. The van der Waals surface area contributed by atoms with E-state index in [0.717, 1.165) is 0 Å². The Kier molecular flexibility index (Phi) is 49.0. The van der Waals surface area contributed by atoms with E-state index in [9.17, 15) is 0 Å². The maximum absolute atomic E-state index is 3.00. The molecule has 0 atom stereocenters. The summed E-state index contributed by atoms with van der Waals surface area (Å²) in [5.41, 5.74) is 2.76. The molecule has 0 N–H and O–H groups in total. The highest BCUT2D eigenvalue weighted by Gasteiger charge is 1.61. The Hall–Kier alpha value is -0.780. The molecule has 0 aliphatic carbocycles. The monoisotopic (exact) mass is 198 g/mol. The van der Waals surface area contributed by atoms with Crippen molar-refractivity contribution in [2.45, 2.75) is 55.4 Å². The van der Waals surface area contributed by atoms with E-state index < -0.39 is 0 Å². The lowest BCUT2D eigenvalue weighted by Crippen LogP contribution is -1.52. The molecule has 0 heterocycles. The lowest BCUT2D eigenvalue weighted by atomic mass is 10.3. The zero-order valence-corrected chi connectivity index (χ0v) is 11.6. The van der Waals surface area contributed by atoms with Crippen LogP contribution >= 0.6 is 0 Å². The third-order valence-corrected chi connectivity index (χ3v) is 1.15. The van der Waals surface area contributed by atoms with E-state index in [2.05, 4.69) is 53.0 Å². The van der Waals surface area contributed by atoms with Crippen LogP contribution in [-0.4, -0.2) is 0 Å². The van der Waals surface area contributed by atoms with Gasteiger partial charge in [0, 0.05) is 0 Å². The van der Waals surface area contributed by atoms with E-state index in [0.29, 0.717) is 0 Å². The first-order valence-electron chi connectivity index (χ1n) is 5.23. The van der Waals surface area contributed by atoms with Crippen LogP contribution < -0.4 is 0 Å². The van der Waals surface area contributed by atoms with Crippen molar-refractivity contribution < 1.29 is 0 Å². The number of rotatable bonds is 0. The molecule has 0 saturated heterocycles. The van der Waals surface area contributed by atoms with Gasteiger partial charge in [-0.2, -0.15) is 0 Å². The minimum Gasteiger partial charge on any atom is -0.106 e. The lowest BCUT2D eigenvalue weighted by molar-refractivity contribution is 1.36. The standard InChI is InChI=1S/2C5H10.C2H6.C2H4/c2*1-4-5(2)3;2*1-2/h2*4H,1-3H3;1-2H3;1-2H2. The van der Waals surface area contributed by atoms with Crippen LogP contribution in [0.2, 0.25) is 0 Å². The molecule has 0 aromatic heterocycles. The van der Waals surface area contributed by atoms with E-state index in [1.807, 2.05) is 27.7 Å². The predicted octanol–water partition coefficient (Wildman–Crippen LogP) is 5.77. The Morgan fingerprint density at radius 2 is 0.786 bits per heavy atom. The topological polar surface area (TPSA) is 0 Å². The zero-order chi connectivity index (χ0) is 12.6. The number of allylic oxidation sites excluding steroid dienone is 4. The second kappa shape index (κ2) is 29.5. The van der Waals surface area contributed by atoms with Crippen LogP contribution in [0.15, 0.2) is 36.5 Å². The summed E-state index contributed by atoms with van der Waals surface area (Å²) in [7, 11) is 0. The third-order valence-electron chi connectivity index (χ3n) is 1.15. The molecular weight excluding hydrogens is 168 g/mol. The molecule has 0 rings (SSSR count). The van der Waals surface area contributed by atoms with Crippen LogP contribution in [0.25, 0.3) is 0 Å². The zero-order valence-electron chi connectivity index (χ0n) is 11.6. The normalized spacial score (nSPS) is 5.71. The van der Waals surface area contributed by atoms with Gasteiger partial charge in [-0.3, -0.25) is 0 Å². The van der Waals surface area contributed by atoms with Crippen LogP contribution in [0, 0.1) is 0 Å². The van der Waals surface area contributed by atoms with E-state index in [1.165, 1.54) is 11.1 Å². The molecule has 0 unspecified atom stereocenters. The van der Waals surface area contributed by atoms with Gasteiger partial charge in [-0.25, -0.2) is 0 Å². The van der Waals surface area contributed by atoms with Crippen LogP contribution in [0.4, 0.5) is 0 Å². The smallest absolute Gasteiger partial charge is 0.0442 e. The highest BCUT2D eigenvalue weighted by molar-refractivity contribution is 4.89. The lowest BCUT2D eigenvalue weighted by Gasteiger charge is -1.74. The van der Waals surface area contributed by atoms with Gasteiger partial charge >= 0.3 is 0 Å². The predicted molar refractivity (Wildman–Crippen MR) is 72.8 cm³/mol. The summed E-state index contributed by atoms with van der Waals surface area (Å²) < 4.78 is 0. The maximum atomic E-state index is 3.00. The Morgan fingerprint density at radius 3 is 0.786 bits per heavy atom. The van der Waals surface area contributed by atoms with Gasteiger partial charge < -0.3 is 0 Å². The fourth-order valence-corrected chi connectivity index (χ4v) is 0. The van der Waals surface area contributed by atoms with Crippen molar-refractivity contribution in [3.05, 3.63) is 36.5 Å². The van der Waals surface area contributed by atoms with Crippen LogP contribution in [0.5, 0.6) is 0 Å². The Balaban J connectivity index is -0.0000000528. The van der Waals surface area contributed by atoms with E-state index in [-0.39, 0.29) is 0 Å². The fraction of sp³-hybridized carbons (Fsp3) is 0.571. The Labute approximate surface area is 92.4 Å². The summed E-state index contributed by atoms with van der Waals surface area (Å²) in [5.74, 6) is 0. The summed E-state index contributed by atoms with van der Waals surface area (Å²) in [5, 5.41) is 0. The second-order valence-electron chi connectivity index (χ2n) is 2.73. The molecule has 0 nitrogen and oxygen atoms in total. The average molecular weight is 198 g/mol. The summed E-state index contributed by atoms with van der Waals surface area (Å²) in [6.07, 6.45) is 4.17. The highest BCUT2D eigenvalue weighted by atomic mass is 13.7. The van der Waals surface area contributed by atoms with Gasteiger partial charge in [0.15, 0.2) is 0 Å². The van der Waals surface area contributed by atoms with Crippen LogP contribution in [0.1, 0.15) is 55.4 Å². The quantitative estimate of drug-likeness (QED) is 0.433. The Bertz CT molecular complexity index is 103. The summed E-state index contributed by atoms with van der Waals surface area (Å²) in [6.45, 7) is 22.4. The molecule has 0 aromatic rings. The minimum absolute atomic E-state index is 1.38. The van der Waals surface area contributed by atoms with Crippen molar-refractivity contribution in [3.63, 3.8) is 0 Å². The molecule has 0 aliphatic heterocycles. The molecule has 0 fully saturated rings. The third kappa shape index (κ3) is 113. The molecule has 0 bridgehead atoms. The van der Waals surface area contributed by atoms with Crippen molar-refractivity contribution in [2.24, 2.45) is 0 Å². The van der Waals surface area contributed by atoms with Gasteiger partial charge in [0.05, 0.1) is 0 Å². The van der Waals surface area contributed by atoms with Crippen molar-refractivity contribution in [2.75, 3.05) is 0 Å². The molecule has 0 aliphatic rings. The number of hydrogen-bond acceptors (Lipinski definition) is 0. The largest absolute Gasteiger partial charge is 0.106 e. The Morgan fingerprint density at radius 1 is 0.714 bits per heavy atom. The van der Waals surface area contributed by atoms with Gasteiger partial charge in [0.25, 0.3) is 0 Å². The fourth-order valence-electron chi connectivity index (χ4n) is 0.